The van der Waals surface area contributed by atoms with Gasteiger partial charge in [-0.2, -0.15) is 0 Å². The van der Waals surface area contributed by atoms with Crippen LogP contribution in [0, 0.1) is 6.92 Å². The van der Waals surface area contributed by atoms with Gasteiger partial charge in [-0.1, -0.05) is 13.0 Å². The Hall–Kier alpha value is -1.52. The molecule has 1 heterocycles. The molecule has 0 aliphatic rings. The van der Waals surface area contributed by atoms with E-state index >= 15 is 0 Å². The first-order valence-electron chi connectivity index (χ1n) is 7.27. The van der Waals surface area contributed by atoms with Crippen LogP contribution < -0.4 is 15.4 Å². The molecule has 0 spiro atoms. The molecule has 2 unspecified atom stereocenters. The second-order valence-corrected chi connectivity index (χ2v) is 6.77. The fourth-order valence-corrected chi connectivity index (χ4v) is 3.14. The molecule has 2 N–H and O–H groups in total. The van der Waals surface area contributed by atoms with Gasteiger partial charge in [0.1, 0.15) is 11.9 Å². The first-order chi connectivity index (χ1) is 10.0. The van der Waals surface area contributed by atoms with Gasteiger partial charge in [-0.05, 0) is 37.6 Å². The molecule has 2 aromatic rings. The first-order valence-corrected chi connectivity index (χ1v) is 8.09. The summed E-state index contributed by atoms with van der Waals surface area (Å²) in [5.41, 5.74) is 7.40. The minimum Gasteiger partial charge on any atom is -0.483 e. The monoisotopic (exact) mass is 304 g/mol. The highest BCUT2D eigenvalue weighted by atomic mass is 32.1. The zero-order chi connectivity index (χ0) is 15.4. The van der Waals surface area contributed by atoms with E-state index < -0.39 is 0 Å². The molecule has 2 rings (SSSR count). The number of nitrogens with zero attached hydrogens (tertiary/aromatic N) is 1. The predicted octanol–water partition coefficient (Wildman–Crippen LogP) is 3.98. The minimum atomic E-state index is -0.0916. The fraction of sp³-hybridized carbons (Fsp3) is 0.412. The van der Waals surface area contributed by atoms with Crippen molar-refractivity contribution in [3.8, 4) is 5.75 Å². The van der Waals surface area contributed by atoms with Crippen LogP contribution >= 0.6 is 11.3 Å². The largest absolute Gasteiger partial charge is 0.483 e. The number of nitrogens with two attached hydrogens (primary N) is 1. The third-order valence-corrected chi connectivity index (χ3v) is 4.56. The second kappa shape index (κ2) is 6.96. The summed E-state index contributed by atoms with van der Waals surface area (Å²) in [4.78, 5) is 4.54. The Kier molecular flexibility index (Phi) is 5.26. The molecule has 1 aromatic heterocycles. The first kappa shape index (κ1) is 15.9. The molecule has 0 aliphatic carbocycles. The van der Waals surface area contributed by atoms with Gasteiger partial charge in [-0.3, -0.25) is 0 Å². The van der Waals surface area contributed by atoms with Gasteiger partial charge in [0, 0.05) is 41.6 Å². The van der Waals surface area contributed by atoms with Crippen LogP contribution in [0.25, 0.3) is 0 Å². The number of hydrogen-bond acceptors (Lipinski definition) is 4. The maximum absolute atomic E-state index is 6.28. The van der Waals surface area contributed by atoms with E-state index in [0.29, 0.717) is 0 Å². The summed E-state index contributed by atoms with van der Waals surface area (Å²) in [5, 5.41) is 0. The van der Waals surface area contributed by atoms with E-state index in [1.54, 1.807) is 11.3 Å². The molecular formula is C17H24N2OS. The summed E-state index contributed by atoms with van der Waals surface area (Å²) in [6, 6.07) is 12.4. The van der Waals surface area contributed by atoms with Gasteiger partial charge in [0.25, 0.3) is 0 Å². The standard InChI is InChI=1S/C17H24N2OS/c1-5-15(18)17(16-10-9-12(2)21-16)20-14-8-6-7-13(11-14)19(3)4/h6-11,15,17H,5,18H2,1-4H3. The van der Waals surface area contributed by atoms with Crippen molar-refractivity contribution in [2.45, 2.75) is 32.4 Å². The molecule has 0 saturated heterocycles. The lowest BCUT2D eigenvalue weighted by atomic mass is 10.1. The third kappa shape index (κ3) is 3.99. The van der Waals surface area contributed by atoms with E-state index in [9.17, 15) is 0 Å². The molecule has 0 radical (unpaired) electrons. The lowest BCUT2D eigenvalue weighted by Gasteiger charge is -2.24. The highest BCUT2D eigenvalue weighted by Crippen LogP contribution is 2.31. The van der Waals surface area contributed by atoms with E-state index in [-0.39, 0.29) is 12.1 Å². The van der Waals surface area contributed by atoms with Gasteiger partial charge in [0.15, 0.2) is 0 Å². The van der Waals surface area contributed by atoms with Gasteiger partial charge >= 0.3 is 0 Å². The van der Waals surface area contributed by atoms with Crippen LogP contribution in [0.15, 0.2) is 36.4 Å². The lowest BCUT2D eigenvalue weighted by Crippen LogP contribution is -2.30. The number of thiophene rings is 1. The van der Waals surface area contributed by atoms with Crippen LogP contribution in [0.4, 0.5) is 5.69 Å². The maximum Gasteiger partial charge on any atom is 0.148 e. The highest BCUT2D eigenvalue weighted by molar-refractivity contribution is 7.12. The van der Waals surface area contributed by atoms with Crippen molar-refractivity contribution in [2.75, 3.05) is 19.0 Å². The van der Waals surface area contributed by atoms with Gasteiger partial charge in [-0.25, -0.2) is 0 Å². The normalized spacial score (nSPS) is 13.8. The Morgan fingerprint density at radius 3 is 2.57 bits per heavy atom. The van der Waals surface area contributed by atoms with Gasteiger partial charge in [-0.15, -0.1) is 11.3 Å². The summed E-state index contributed by atoms with van der Waals surface area (Å²) in [6.45, 7) is 4.20. The molecule has 1 aromatic carbocycles. The van der Waals surface area contributed by atoms with Crippen molar-refractivity contribution in [1.82, 2.24) is 0 Å². The number of ether oxygens (including phenoxy) is 1. The molecular weight excluding hydrogens is 280 g/mol. The lowest BCUT2D eigenvalue weighted by molar-refractivity contribution is 0.174. The van der Waals surface area contributed by atoms with Crippen LogP contribution in [0.1, 0.15) is 29.2 Å². The molecule has 0 fully saturated rings. The van der Waals surface area contributed by atoms with Crippen molar-refractivity contribution in [1.29, 1.82) is 0 Å². The molecule has 0 aliphatic heterocycles. The van der Waals surface area contributed by atoms with E-state index in [1.807, 2.05) is 26.2 Å². The van der Waals surface area contributed by atoms with Crippen molar-refractivity contribution in [3.05, 3.63) is 46.2 Å². The Morgan fingerprint density at radius 2 is 2.00 bits per heavy atom. The third-order valence-electron chi connectivity index (χ3n) is 3.50. The van der Waals surface area contributed by atoms with Crippen molar-refractivity contribution in [3.63, 3.8) is 0 Å². The Balaban J connectivity index is 2.25. The Labute approximate surface area is 131 Å². The van der Waals surface area contributed by atoms with Crippen molar-refractivity contribution >= 4 is 17.0 Å². The number of rotatable bonds is 6. The molecule has 0 bridgehead atoms. The minimum absolute atomic E-state index is 0.00828. The van der Waals surface area contributed by atoms with Crippen molar-refractivity contribution < 1.29 is 4.74 Å². The number of hydrogen-bond donors (Lipinski definition) is 1. The van der Waals surface area contributed by atoms with E-state index in [0.717, 1.165) is 17.9 Å². The maximum atomic E-state index is 6.28. The molecule has 3 nitrogen and oxygen atoms in total. The smallest absolute Gasteiger partial charge is 0.148 e. The van der Waals surface area contributed by atoms with Gasteiger partial charge in [0.05, 0.1) is 0 Å². The Bertz CT molecular complexity index is 580. The SMILES string of the molecule is CCC(N)C(Oc1cccc(N(C)C)c1)c1ccc(C)s1. The highest BCUT2D eigenvalue weighted by Gasteiger charge is 2.22. The van der Waals surface area contributed by atoms with Crippen LogP contribution in [-0.4, -0.2) is 20.1 Å². The average molecular weight is 304 g/mol. The average Bonchev–Trinajstić information content (AvgIpc) is 2.90. The summed E-state index contributed by atoms with van der Waals surface area (Å²) in [7, 11) is 4.05. The molecule has 0 amide bonds. The van der Waals surface area contributed by atoms with Crippen LogP contribution in [0.2, 0.25) is 0 Å². The topological polar surface area (TPSA) is 38.5 Å². The molecule has 114 valence electrons. The zero-order valence-electron chi connectivity index (χ0n) is 13.2. The summed E-state index contributed by atoms with van der Waals surface area (Å²) >= 11 is 1.75. The summed E-state index contributed by atoms with van der Waals surface area (Å²) < 4.78 is 6.22. The molecule has 21 heavy (non-hydrogen) atoms. The number of benzene rings is 1. The van der Waals surface area contributed by atoms with E-state index in [1.165, 1.54) is 9.75 Å². The van der Waals surface area contributed by atoms with Crippen LogP contribution in [0.5, 0.6) is 5.75 Å². The fourth-order valence-electron chi connectivity index (χ4n) is 2.16. The predicted molar refractivity (Wildman–Crippen MR) is 91.5 cm³/mol. The van der Waals surface area contributed by atoms with Crippen LogP contribution in [0.3, 0.4) is 0 Å². The molecule has 4 heteroatoms. The quantitative estimate of drug-likeness (QED) is 0.877. The van der Waals surface area contributed by atoms with Gasteiger partial charge < -0.3 is 15.4 Å². The Morgan fingerprint density at radius 1 is 1.24 bits per heavy atom. The molecule has 2 atom stereocenters. The number of aryl methyl sites for hydroxylation is 1. The van der Waals surface area contributed by atoms with Crippen molar-refractivity contribution in [2.24, 2.45) is 5.73 Å². The second-order valence-electron chi connectivity index (χ2n) is 5.45. The van der Waals surface area contributed by atoms with Crippen LogP contribution in [-0.2, 0) is 0 Å². The summed E-state index contributed by atoms with van der Waals surface area (Å²) in [5.74, 6) is 0.862. The molecule has 0 saturated carbocycles. The number of anilines is 1. The van der Waals surface area contributed by atoms with E-state index in [4.69, 9.17) is 10.5 Å². The van der Waals surface area contributed by atoms with Gasteiger partial charge in [0.2, 0.25) is 0 Å². The zero-order valence-corrected chi connectivity index (χ0v) is 14.0. The van der Waals surface area contributed by atoms with E-state index in [2.05, 4.69) is 43.0 Å². The summed E-state index contributed by atoms with van der Waals surface area (Å²) in [6.07, 6.45) is 0.792.